The molecular formula is C11H10F3NO. The molecule has 1 aliphatic carbocycles. The smallest absolute Gasteiger partial charge is 0.299 e. The van der Waals surface area contributed by atoms with Crippen LogP contribution in [-0.2, 0) is 16.4 Å². The lowest BCUT2D eigenvalue weighted by atomic mass is 9.93. The number of halogens is 3. The van der Waals surface area contributed by atoms with Crippen LogP contribution in [0.5, 0.6) is 0 Å². The van der Waals surface area contributed by atoms with Crippen LogP contribution in [0.4, 0.5) is 13.2 Å². The van der Waals surface area contributed by atoms with Gasteiger partial charge < -0.3 is 0 Å². The standard InChI is InChI=1S/C11H10F3NO/c1-7(16)10(4-5-10)9-8(11(12,13)14)3-2-6-15-9/h2-3,6H,4-5H2,1H3. The maximum Gasteiger partial charge on any atom is 0.418 e. The zero-order valence-corrected chi connectivity index (χ0v) is 8.64. The van der Waals surface area contributed by atoms with E-state index in [1.807, 2.05) is 0 Å². The van der Waals surface area contributed by atoms with Crippen LogP contribution in [0, 0.1) is 0 Å². The van der Waals surface area contributed by atoms with Crippen LogP contribution >= 0.6 is 0 Å². The van der Waals surface area contributed by atoms with Crippen LogP contribution in [0.1, 0.15) is 31.0 Å². The molecule has 5 heteroatoms. The number of hydrogen-bond donors (Lipinski definition) is 0. The fourth-order valence-electron chi connectivity index (χ4n) is 1.90. The molecular weight excluding hydrogens is 219 g/mol. The van der Waals surface area contributed by atoms with Crippen LogP contribution in [0.25, 0.3) is 0 Å². The molecule has 0 aliphatic heterocycles. The third-order valence-corrected chi connectivity index (χ3v) is 2.99. The first kappa shape index (κ1) is 11.1. The van der Waals surface area contributed by atoms with E-state index in [-0.39, 0.29) is 11.5 Å². The van der Waals surface area contributed by atoms with Crippen molar-refractivity contribution in [1.29, 1.82) is 0 Å². The van der Waals surface area contributed by atoms with E-state index < -0.39 is 17.2 Å². The molecule has 86 valence electrons. The molecule has 16 heavy (non-hydrogen) atoms. The van der Waals surface area contributed by atoms with E-state index in [2.05, 4.69) is 4.98 Å². The van der Waals surface area contributed by atoms with Crippen LogP contribution in [0.2, 0.25) is 0 Å². The molecule has 0 spiro atoms. The van der Waals surface area contributed by atoms with Gasteiger partial charge in [0.15, 0.2) is 0 Å². The molecule has 0 radical (unpaired) electrons. The number of carbonyl (C=O) groups excluding carboxylic acids is 1. The van der Waals surface area contributed by atoms with Gasteiger partial charge in [-0.15, -0.1) is 0 Å². The van der Waals surface area contributed by atoms with Crippen LogP contribution < -0.4 is 0 Å². The SMILES string of the molecule is CC(=O)C1(c2ncccc2C(F)(F)F)CC1. The van der Waals surface area contributed by atoms with Gasteiger partial charge in [-0.2, -0.15) is 13.2 Å². The van der Waals surface area contributed by atoms with Crippen molar-refractivity contribution >= 4 is 5.78 Å². The fraction of sp³-hybridized carbons (Fsp3) is 0.455. The summed E-state index contributed by atoms with van der Waals surface area (Å²) in [4.78, 5) is 15.2. The third kappa shape index (κ3) is 1.60. The molecule has 0 amide bonds. The van der Waals surface area contributed by atoms with Gasteiger partial charge in [-0.1, -0.05) is 0 Å². The van der Waals surface area contributed by atoms with Crippen molar-refractivity contribution in [3.8, 4) is 0 Å². The second kappa shape index (κ2) is 3.30. The zero-order valence-electron chi connectivity index (χ0n) is 8.64. The minimum atomic E-state index is -4.45. The highest BCUT2D eigenvalue weighted by Crippen LogP contribution is 2.51. The van der Waals surface area contributed by atoms with Crippen molar-refractivity contribution in [3.05, 3.63) is 29.6 Å². The average molecular weight is 229 g/mol. The van der Waals surface area contributed by atoms with E-state index in [1.54, 1.807) is 0 Å². The van der Waals surface area contributed by atoms with Gasteiger partial charge in [-0.05, 0) is 31.9 Å². The summed E-state index contributed by atoms with van der Waals surface area (Å²) in [6.45, 7) is 1.32. The first-order chi connectivity index (χ1) is 7.38. The van der Waals surface area contributed by atoms with Crippen molar-refractivity contribution in [3.63, 3.8) is 0 Å². The molecule has 1 saturated carbocycles. The Bertz CT molecular complexity index is 435. The second-order valence-electron chi connectivity index (χ2n) is 4.04. The molecule has 1 aromatic rings. The number of rotatable bonds is 2. The van der Waals surface area contributed by atoms with E-state index in [0.29, 0.717) is 12.8 Å². The number of carbonyl (C=O) groups is 1. The normalized spacial score (nSPS) is 18.2. The monoisotopic (exact) mass is 229 g/mol. The van der Waals surface area contributed by atoms with Gasteiger partial charge in [0.05, 0.1) is 16.7 Å². The van der Waals surface area contributed by atoms with Gasteiger partial charge >= 0.3 is 6.18 Å². The lowest BCUT2D eigenvalue weighted by Crippen LogP contribution is -2.23. The van der Waals surface area contributed by atoms with E-state index >= 15 is 0 Å². The number of ketones is 1. The highest BCUT2D eigenvalue weighted by atomic mass is 19.4. The Morgan fingerprint density at radius 1 is 1.44 bits per heavy atom. The average Bonchev–Trinajstić information content (AvgIpc) is 2.97. The number of alkyl halides is 3. The number of Topliss-reactive ketones (excluding diaryl/α,β-unsaturated/α-hetero) is 1. The van der Waals surface area contributed by atoms with Gasteiger partial charge in [-0.3, -0.25) is 9.78 Å². The van der Waals surface area contributed by atoms with Crippen molar-refractivity contribution < 1.29 is 18.0 Å². The maximum atomic E-state index is 12.7. The molecule has 0 saturated heterocycles. The number of hydrogen-bond acceptors (Lipinski definition) is 2. The Labute approximate surface area is 90.5 Å². The fourth-order valence-corrected chi connectivity index (χ4v) is 1.90. The van der Waals surface area contributed by atoms with E-state index in [9.17, 15) is 18.0 Å². The molecule has 1 heterocycles. The Kier molecular flexibility index (Phi) is 2.29. The van der Waals surface area contributed by atoms with Crippen LogP contribution in [-0.4, -0.2) is 10.8 Å². The lowest BCUT2D eigenvalue weighted by molar-refractivity contribution is -0.139. The summed E-state index contributed by atoms with van der Waals surface area (Å²) in [6.07, 6.45) is -2.23. The number of aromatic nitrogens is 1. The van der Waals surface area contributed by atoms with Crippen molar-refractivity contribution in [2.45, 2.75) is 31.4 Å². The summed E-state index contributed by atoms with van der Waals surface area (Å²) >= 11 is 0. The zero-order chi connectivity index (χ0) is 12.0. The summed E-state index contributed by atoms with van der Waals surface area (Å²) in [7, 11) is 0. The first-order valence-corrected chi connectivity index (χ1v) is 4.92. The summed E-state index contributed by atoms with van der Waals surface area (Å²) in [5.41, 5.74) is -1.88. The van der Waals surface area contributed by atoms with E-state index in [0.717, 1.165) is 6.07 Å². The molecule has 1 fully saturated rings. The molecule has 0 aromatic carbocycles. The lowest BCUT2D eigenvalue weighted by Gasteiger charge is -2.17. The quantitative estimate of drug-likeness (QED) is 0.780. The first-order valence-electron chi connectivity index (χ1n) is 4.92. The highest BCUT2D eigenvalue weighted by Gasteiger charge is 2.54. The van der Waals surface area contributed by atoms with E-state index in [1.165, 1.54) is 19.2 Å². The molecule has 1 aromatic heterocycles. The van der Waals surface area contributed by atoms with Crippen molar-refractivity contribution in [1.82, 2.24) is 4.98 Å². The molecule has 0 atom stereocenters. The minimum Gasteiger partial charge on any atom is -0.299 e. The molecule has 2 rings (SSSR count). The van der Waals surface area contributed by atoms with Gasteiger partial charge in [0.2, 0.25) is 0 Å². The van der Waals surface area contributed by atoms with Gasteiger partial charge in [0.25, 0.3) is 0 Å². The van der Waals surface area contributed by atoms with Crippen LogP contribution in [0.15, 0.2) is 18.3 Å². The summed E-state index contributed by atoms with van der Waals surface area (Å²) in [6, 6.07) is 2.22. The minimum absolute atomic E-state index is 0.116. The molecule has 0 N–H and O–H groups in total. The molecule has 1 aliphatic rings. The molecule has 0 bridgehead atoms. The third-order valence-electron chi connectivity index (χ3n) is 2.99. The number of nitrogens with zero attached hydrogens (tertiary/aromatic N) is 1. The maximum absolute atomic E-state index is 12.7. The van der Waals surface area contributed by atoms with E-state index in [4.69, 9.17) is 0 Å². The summed E-state index contributed by atoms with van der Waals surface area (Å²) in [5, 5.41) is 0. The second-order valence-corrected chi connectivity index (χ2v) is 4.04. The Balaban J connectivity index is 2.54. The van der Waals surface area contributed by atoms with Gasteiger partial charge in [0, 0.05) is 6.20 Å². The molecule has 0 unspecified atom stereocenters. The topological polar surface area (TPSA) is 30.0 Å². The molecule has 2 nitrogen and oxygen atoms in total. The Morgan fingerprint density at radius 2 is 2.06 bits per heavy atom. The predicted octanol–water partition coefficient (Wildman–Crippen LogP) is 2.72. The van der Waals surface area contributed by atoms with Crippen LogP contribution in [0.3, 0.4) is 0 Å². The Hall–Kier alpha value is -1.39. The van der Waals surface area contributed by atoms with Crippen molar-refractivity contribution in [2.75, 3.05) is 0 Å². The van der Waals surface area contributed by atoms with Gasteiger partial charge in [-0.25, -0.2) is 0 Å². The largest absolute Gasteiger partial charge is 0.418 e. The Morgan fingerprint density at radius 3 is 2.50 bits per heavy atom. The van der Waals surface area contributed by atoms with Crippen molar-refractivity contribution in [2.24, 2.45) is 0 Å². The summed E-state index contributed by atoms with van der Waals surface area (Å²) < 4.78 is 38.2. The summed E-state index contributed by atoms with van der Waals surface area (Å²) in [5.74, 6) is -0.239. The predicted molar refractivity (Wildman–Crippen MR) is 50.8 cm³/mol. The number of pyridine rings is 1. The highest BCUT2D eigenvalue weighted by molar-refractivity contribution is 5.91. The van der Waals surface area contributed by atoms with Gasteiger partial charge in [0.1, 0.15) is 5.78 Å².